The van der Waals surface area contributed by atoms with Crippen LogP contribution in [0.5, 0.6) is 0 Å². The summed E-state index contributed by atoms with van der Waals surface area (Å²) in [5.41, 5.74) is 0.201. The average molecular weight is 239 g/mol. The lowest BCUT2D eigenvalue weighted by molar-refractivity contribution is 0.144. The van der Waals surface area contributed by atoms with Gasteiger partial charge in [0.25, 0.3) is 0 Å². The summed E-state index contributed by atoms with van der Waals surface area (Å²) < 4.78 is 7.28. The van der Waals surface area contributed by atoms with E-state index in [0.29, 0.717) is 12.1 Å². The largest absolute Gasteiger partial charge is 0.383 e. The minimum atomic E-state index is 0.201. The smallest absolute Gasteiger partial charge is 0.0946 e. The molecule has 0 spiro atoms. The fraction of sp³-hybridized carbons (Fsp3) is 0.769. The Hall–Kier alpha value is -0.870. The Labute approximate surface area is 104 Å². The molecule has 0 saturated carbocycles. The van der Waals surface area contributed by atoms with Gasteiger partial charge in [-0.05, 0) is 12.3 Å². The van der Waals surface area contributed by atoms with Crippen LogP contribution < -0.4 is 5.32 Å². The highest BCUT2D eigenvalue weighted by Gasteiger charge is 2.25. The Morgan fingerprint density at radius 1 is 1.41 bits per heavy atom. The van der Waals surface area contributed by atoms with E-state index < -0.39 is 0 Å². The van der Waals surface area contributed by atoms with E-state index in [2.05, 4.69) is 42.6 Å². The molecular formula is C13H25N3O. The molecule has 0 saturated heterocycles. The highest BCUT2D eigenvalue weighted by molar-refractivity contribution is 4.85. The van der Waals surface area contributed by atoms with Crippen molar-refractivity contribution in [1.29, 1.82) is 0 Å². The van der Waals surface area contributed by atoms with E-state index in [0.717, 1.165) is 13.2 Å². The first kappa shape index (κ1) is 14.2. The van der Waals surface area contributed by atoms with Crippen molar-refractivity contribution in [1.82, 2.24) is 14.9 Å². The highest BCUT2D eigenvalue weighted by Crippen LogP contribution is 2.21. The maximum absolute atomic E-state index is 5.17. The monoisotopic (exact) mass is 239 g/mol. The van der Waals surface area contributed by atoms with Gasteiger partial charge in [-0.15, -0.1) is 0 Å². The number of rotatable bonds is 6. The van der Waals surface area contributed by atoms with Gasteiger partial charge in [0.1, 0.15) is 0 Å². The topological polar surface area (TPSA) is 39.1 Å². The second kappa shape index (κ2) is 6.17. The van der Waals surface area contributed by atoms with Gasteiger partial charge in [-0.1, -0.05) is 20.8 Å². The SMILES string of the molecule is COCC(C)NC(Cn1ccnc1)C(C)(C)C. The minimum absolute atomic E-state index is 0.201. The maximum Gasteiger partial charge on any atom is 0.0946 e. The number of imidazole rings is 1. The zero-order chi connectivity index (χ0) is 12.9. The molecule has 2 unspecified atom stereocenters. The zero-order valence-electron chi connectivity index (χ0n) is 11.6. The van der Waals surface area contributed by atoms with Gasteiger partial charge in [-0.25, -0.2) is 4.98 Å². The lowest BCUT2D eigenvalue weighted by atomic mass is 9.86. The lowest BCUT2D eigenvalue weighted by Crippen LogP contribution is -2.48. The van der Waals surface area contributed by atoms with Gasteiger partial charge in [0.05, 0.1) is 12.9 Å². The molecule has 4 nitrogen and oxygen atoms in total. The third kappa shape index (κ3) is 4.88. The summed E-state index contributed by atoms with van der Waals surface area (Å²) in [6.07, 6.45) is 5.68. The number of hydrogen-bond donors (Lipinski definition) is 1. The number of hydrogen-bond acceptors (Lipinski definition) is 3. The van der Waals surface area contributed by atoms with Crippen molar-refractivity contribution in [3.05, 3.63) is 18.7 Å². The number of aromatic nitrogens is 2. The number of nitrogens with one attached hydrogen (secondary N) is 1. The fourth-order valence-electron chi connectivity index (χ4n) is 1.82. The first-order valence-electron chi connectivity index (χ1n) is 6.14. The lowest BCUT2D eigenvalue weighted by Gasteiger charge is -2.34. The van der Waals surface area contributed by atoms with Crippen molar-refractivity contribution < 1.29 is 4.74 Å². The van der Waals surface area contributed by atoms with Crippen LogP contribution in [0, 0.1) is 5.41 Å². The molecule has 0 aromatic carbocycles. The van der Waals surface area contributed by atoms with Crippen LogP contribution in [0.3, 0.4) is 0 Å². The summed E-state index contributed by atoms with van der Waals surface area (Å²) in [6, 6.07) is 0.745. The van der Waals surface area contributed by atoms with E-state index >= 15 is 0 Å². The van der Waals surface area contributed by atoms with E-state index in [1.165, 1.54) is 0 Å². The summed E-state index contributed by atoms with van der Waals surface area (Å²) in [5.74, 6) is 0. The van der Waals surface area contributed by atoms with Crippen LogP contribution in [0.4, 0.5) is 0 Å². The van der Waals surface area contributed by atoms with Crippen LogP contribution in [-0.4, -0.2) is 35.4 Å². The molecule has 1 heterocycles. The van der Waals surface area contributed by atoms with Gasteiger partial charge in [0.15, 0.2) is 0 Å². The van der Waals surface area contributed by atoms with Crippen LogP contribution in [0.2, 0.25) is 0 Å². The molecule has 17 heavy (non-hydrogen) atoms. The molecular weight excluding hydrogens is 214 g/mol. The molecule has 2 atom stereocenters. The second-order valence-corrected chi connectivity index (χ2v) is 5.70. The summed E-state index contributed by atoms with van der Waals surface area (Å²) in [5, 5.41) is 3.62. The minimum Gasteiger partial charge on any atom is -0.383 e. The van der Waals surface area contributed by atoms with E-state index in [9.17, 15) is 0 Å². The van der Waals surface area contributed by atoms with E-state index in [-0.39, 0.29) is 5.41 Å². The molecule has 0 radical (unpaired) electrons. The first-order valence-corrected chi connectivity index (χ1v) is 6.14. The second-order valence-electron chi connectivity index (χ2n) is 5.70. The van der Waals surface area contributed by atoms with Crippen molar-refractivity contribution in [3.8, 4) is 0 Å². The third-order valence-corrected chi connectivity index (χ3v) is 2.90. The molecule has 1 aromatic heterocycles. The first-order chi connectivity index (χ1) is 7.93. The Morgan fingerprint density at radius 3 is 2.59 bits per heavy atom. The zero-order valence-corrected chi connectivity index (χ0v) is 11.6. The number of methoxy groups -OCH3 is 1. The van der Waals surface area contributed by atoms with Gasteiger partial charge in [-0.2, -0.15) is 0 Å². The Kier molecular flexibility index (Phi) is 5.15. The number of ether oxygens (including phenoxy) is 1. The number of nitrogens with zero attached hydrogens (tertiary/aromatic N) is 2. The van der Waals surface area contributed by atoms with Gasteiger partial charge < -0.3 is 14.6 Å². The summed E-state index contributed by atoms with van der Waals surface area (Å²) >= 11 is 0. The fourth-order valence-corrected chi connectivity index (χ4v) is 1.82. The molecule has 0 aliphatic rings. The quantitative estimate of drug-likeness (QED) is 0.824. The summed E-state index contributed by atoms with van der Waals surface area (Å²) in [6.45, 7) is 10.6. The molecule has 0 fully saturated rings. The van der Waals surface area contributed by atoms with Gasteiger partial charge >= 0.3 is 0 Å². The van der Waals surface area contributed by atoms with Crippen molar-refractivity contribution in [2.75, 3.05) is 13.7 Å². The Bertz CT molecular complexity index is 303. The van der Waals surface area contributed by atoms with E-state index in [4.69, 9.17) is 4.74 Å². The molecule has 98 valence electrons. The van der Waals surface area contributed by atoms with Crippen molar-refractivity contribution in [3.63, 3.8) is 0 Å². The Morgan fingerprint density at radius 2 is 2.12 bits per heavy atom. The van der Waals surface area contributed by atoms with E-state index in [1.54, 1.807) is 7.11 Å². The Balaban J connectivity index is 2.61. The molecule has 4 heteroatoms. The molecule has 0 amide bonds. The summed E-state index contributed by atoms with van der Waals surface area (Å²) in [4.78, 5) is 4.08. The molecule has 1 N–H and O–H groups in total. The standard InChI is InChI=1S/C13H25N3O/c1-11(9-17-5)15-12(13(2,3)4)8-16-7-6-14-10-16/h6-7,10-12,15H,8-9H2,1-5H3. The average Bonchev–Trinajstić information content (AvgIpc) is 2.68. The predicted octanol–water partition coefficient (Wildman–Crippen LogP) is 1.92. The molecule has 0 aliphatic heterocycles. The molecule has 0 bridgehead atoms. The highest BCUT2D eigenvalue weighted by atomic mass is 16.5. The van der Waals surface area contributed by atoms with Crippen LogP contribution in [0.15, 0.2) is 18.7 Å². The molecule has 0 aliphatic carbocycles. The van der Waals surface area contributed by atoms with Crippen molar-refractivity contribution in [2.24, 2.45) is 5.41 Å². The van der Waals surface area contributed by atoms with Crippen LogP contribution in [-0.2, 0) is 11.3 Å². The van der Waals surface area contributed by atoms with Gasteiger partial charge in [0.2, 0.25) is 0 Å². The third-order valence-electron chi connectivity index (χ3n) is 2.90. The molecule has 1 rings (SSSR count). The van der Waals surface area contributed by atoms with Crippen molar-refractivity contribution in [2.45, 2.75) is 46.3 Å². The van der Waals surface area contributed by atoms with Crippen LogP contribution in [0.1, 0.15) is 27.7 Å². The van der Waals surface area contributed by atoms with Gasteiger partial charge in [-0.3, -0.25) is 0 Å². The van der Waals surface area contributed by atoms with Crippen LogP contribution in [0.25, 0.3) is 0 Å². The molecule has 1 aromatic rings. The van der Waals surface area contributed by atoms with Crippen molar-refractivity contribution >= 4 is 0 Å². The van der Waals surface area contributed by atoms with E-state index in [1.807, 2.05) is 18.7 Å². The summed E-state index contributed by atoms with van der Waals surface area (Å²) in [7, 11) is 1.74. The van der Waals surface area contributed by atoms with Gasteiger partial charge in [0, 0.05) is 38.1 Å². The van der Waals surface area contributed by atoms with Crippen LogP contribution >= 0.6 is 0 Å². The normalized spacial score (nSPS) is 15.8. The predicted molar refractivity (Wildman–Crippen MR) is 69.9 cm³/mol. The maximum atomic E-state index is 5.17.